The average molecular weight is 389 g/mol. The number of carbonyl (C=O) groups excluding carboxylic acids is 2. The molecule has 1 heterocycles. The summed E-state index contributed by atoms with van der Waals surface area (Å²) in [6.07, 6.45) is 0.153. The van der Waals surface area contributed by atoms with Crippen molar-refractivity contribution in [2.45, 2.75) is 13.3 Å². The first kappa shape index (κ1) is 16.5. The van der Waals surface area contributed by atoms with Crippen LogP contribution < -0.4 is 10.2 Å². The number of nitrogens with zero attached hydrogens (tertiary/aromatic N) is 1. The van der Waals surface area contributed by atoms with Crippen molar-refractivity contribution in [1.29, 1.82) is 0 Å². The molecule has 2 N–H and O–H groups in total. The fourth-order valence-electron chi connectivity index (χ4n) is 2.77. The SMILES string of the molecule is Cc1ccc(NC(=O)C2CC(=O)N(c3ccccc3Br)C2)c(O)c1. The fraction of sp³-hybridized carbons (Fsp3) is 0.222. The number of phenolic OH excluding ortho intramolecular Hbond substituents is 1. The maximum atomic E-state index is 12.4. The Kier molecular flexibility index (Phi) is 4.57. The highest BCUT2D eigenvalue weighted by atomic mass is 79.9. The van der Waals surface area contributed by atoms with E-state index in [9.17, 15) is 14.7 Å². The number of hydrogen-bond donors (Lipinski definition) is 2. The zero-order chi connectivity index (χ0) is 17.3. The zero-order valence-electron chi connectivity index (χ0n) is 13.1. The second kappa shape index (κ2) is 6.65. The third-order valence-corrected chi connectivity index (χ3v) is 4.72. The van der Waals surface area contributed by atoms with Crippen molar-refractivity contribution in [2.24, 2.45) is 5.92 Å². The first-order valence-corrected chi connectivity index (χ1v) is 8.40. The van der Waals surface area contributed by atoms with Gasteiger partial charge in [0, 0.05) is 17.4 Å². The lowest BCUT2D eigenvalue weighted by Crippen LogP contribution is -2.28. The number of aromatic hydroxyl groups is 1. The molecule has 0 radical (unpaired) electrons. The molecule has 1 aliphatic heterocycles. The Labute approximate surface area is 148 Å². The van der Waals surface area contributed by atoms with Gasteiger partial charge in [0.1, 0.15) is 5.75 Å². The number of rotatable bonds is 3. The molecule has 2 aromatic carbocycles. The summed E-state index contributed by atoms with van der Waals surface area (Å²) in [7, 11) is 0. The Morgan fingerprint density at radius 3 is 2.75 bits per heavy atom. The molecule has 2 aromatic rings. The van der Waals surface area contributed by atoms with E-state index in [1.165, 1.54) is 0 Å². The Bertz CT molecular complexity index is 807. The van der Waals surface area contributed by atoms with Gasteiger partial charge in [-0.2, -0.15) is 0 Å². The number of benzene rings is 2. The Morgan fingerprint density at radius 1 is 1.29 bits per heavy atom. The molecule has 0 bridgehead atoms. The number of halogens is 1. The Morgan fingerprint density at radius 2 is 2.04 bits per heavy atom. The van der Waals surface area contributed by atoms with Crippen LogP contribution in [0.1, 0.15) is 12.0 Å². The number of amides is 2. The minimum absolute atomic E-state index is 0.0235. The van der Waals surface area contributed by atoms with E-state index in [0.717, 1.165) is 15.7 Å². The van der Waals surface area contributed by atoms with Crippen LogP contribution in [-0.4, -0.2) is 23.5 Å². The van der Waals surface area contributed by atoms with E-state index in [4.69, 9.17) is 0 Å². The summed E-state index contributed by atoms with van der Waals surface area (Å²) in [5.41, 5.74) is 2.02. The lowest BCUT2D eigenvalue weighted by molar-refractivity contribution is -0.122. The highest BCUT2D eigenvalue weighted by Crippen LogP contribution is 2.32. The molecule has 124 valence electrons. The maximum Gasteiger partial charge on any atom is 0.229 e. The molecule has 2 amide bonds. The molecule has 0 saturated carbocycles. The first-order chi connectivity index (χ1) is 11.5. The monoisotopic (exact) mass is 388 g/mol. The molecular weight excluding hydrogens is 372 g/mol. The molecule has 1 unspecified atom stereocenters. The van der Waals surface area contributed by atoms with Crippen LogP contribution in [0.15, 0.2) is 46.9 Å². The van der Waals surface area contributed by atoms with Crippen molar-refractivity contribution in [1.82, 2.24) is 0 Å². The van der Waals surface area contributed by atoms with Gasteiger partial charge >= 0.3 is 0 Å². The number of carbonyl (C=O) groups is 2. The number of para-hydroxylation sites is 1. The van der Waals surface area contributed by atoms with Crippen molar-refractivity contribution in [3.8, 4) is 5.75 Å². The summed E-state index contributed by atoms with van der Waals surface area (Å²) in [4.78, 5) is 26.3. The third kappa shape index (κ3) is 3.28. The highest BCUT2D eigenvalue weighted by molar-refractivity contribution is 9.10. The lowest BCUT2D eigenvalue weighted by Gasteiger charge is -2.18. The third-order valence-electron chi connectivity index (χ3n) is 4.05. The molecule has 6 heteroatoms. The molecule has 0 spiro atoms. The van der Waals surface area contributed by atoms with Crippen LogP contribution in [0.2, 0.25) is 0 Å². The molecule has 1 saturated heterocycles. The van der Waals surface area contributed by atoms with Crippen LogP contribution >= 0.6 is 15.9 Å². The second-order valence-electron chi connectivity index (χ2n) is 5.87. The van der Waals surface area contributed by atoms with Gasteiger partial charge in [-0.1, -0.05) is 18.2 Å². The summed E-state index contributed by atoms with van der Waals surface area (Å²) < 4.78 is 0.815. The summed E-state index contributed by atoms with van der Waals surface area (Å²) >= 11 is 3.43. The van der Waals surface area contributed by atoms with E-state index in [1.807, 2.05) is 37.3 Å². The van der Waals surface area contributed by atoms with Gasteiger partial charge in [0.05, 0.1) is 17.3 Å². The second-order valence-corrected chi connectivity index (χ2v) is 6.72. The molecule has 1 aliphatic rings. The topological polar surface area (TPSA) is 69.6 Å². The van der Waals surface area contributed by atoms with Gasteiger partial charge < -0.3 is 15.3 Å². The van der Waals surface area contributed by atoms with E-state index in [1.54, 1.807) is 17.0 Å². The quantitative estimate of drug-likeness (QED) is 0.791. The van der Waals surface area contributed by atoms with E-state index in [0.29, 0.717) is 12.2 Å². The van der Waals surface area contributed by atoms with Crippen molar-refractivity contribution in [2.75, 3.05) is 16.8 Å². The summed E-state index contributed by atoms with van der Waals surface area (Å²) in [6.45, 7) is 2.18. The van der Waals surface area contributed by atoms with E-state index < -0.39 is 5.92 Å². The summed E-state index contributed by atoms with van der Waals surface area (Å²) in [6, 6.07) is 12.5. The molecule has 1 fully saturated rings. The van der Waals surface area contributed by atoms with Crippen molar-refractivity contribution < 1.29 is 14.7 Å². The van der Waals surface area contributed by atoms with Crippen LogP contribution in [0.4, 0.5) is 11.4 Å². The number of hydrogen-bond acceptors (Lipinski definition) is 3. The van der Waals surface area contributed by atoms with Gasteiger partial charge in [0.25, 0.3) is 0 Å². The molecule has 24 heavy (non-hydrogen) atoms. The normalized spacial score (nSPS) is 17.2. The van der Waals surface area contributed by atoms with E-state index in [-0.39, 0.29) is 24.0 Å². The standard InChI is InChI=1S/C18H17BrN2O3/c1-11-6-7-14(16(22)8-11)20-18(24)12-9-17(23)21(10-12)15-5-3-2-4-13(15)19/h2-8,12,22H,9-10H2,1H3,(H,20,24). The predicted molar refractivity (Wildman–Crippen MR) is 96.1 cm³/mol. The zero-order valence-corrected chi connectivity index (χ0v) is 14.7. The average Bonchev–Trinajstić information content (AvgIpc) is 2.92. The molecular formula is C18H17BrN2O3. The molecule has 3 rings (SSSR count). The van der Waals surface area contributed by atoms with Crippen molar-refractivity contribution in [3.05, 3.63) is 52.5 Å². The maximum absolute atomic E-state index is 12.4. The summed E-state index contributed by atoms with van der Waals surface area (Å²) in [5.74, 6) is -0.784. The molecule has 1 atom stereocenters. The number of nitrogens with one attached hydrogen (secondary N) is 1. The molecule has 0 aromatic heterocycles. The van der Waals surface area contributed by atoms with Crippen LogP contribution in [-0.2, 0) is 9.59 Å². The fourth-order valence-corrected chi connectivity index (χ4v) is 3.27. The van der Waals surface area contributed by atoms with Gasteiger partial charge in [-0.25, -0.2) is 0 Å². The predicted octanol–water partition coefficient (Wildman–Crippen LogP) is 3.45. The van der Waals surface area contributed by atoms with Crippen LogP contribution in [0, 0.1) is 12.8 Å². The highest BCUT2D eigenvalue weighted by Gasteiger charge is 2.36. The number of phenols is 1. The van der Waals surface area contributed by atoms with Gasteiger partial charge in [-0.05, 0) is 52.7 Å². The van der Waals surface area contributed by atoms with Gasteiger partial charge in [0.2, 0.25) is 11.8 Å². The van der Waals surface area contributed by atoms with E-state index in [2.05, 4.69) is 21.2 Å². The van der Waals surface area contributed by atoms with Gasteiger partial charge in [-0.3, -0.25) is 9.59 Å². The minimum Gasteiger partial charge on any atom is -0.506 e. The van der Waals surface area contributed by atoms with Gasteiger partial charge in [0.15, 0.2) is 0 Å². The van der Waals surface area contributed by atoms with Crippen molar-refractivity contribution >= 4 is 39.1 Å². The number of anilines is 2. The smallest absolute Gasteiger partial charge is 0.229 e. The van der Waals surface area contributed by atoms with E-state index >= 15 is 0 Å². The minimum atomic E-state index is -0.453. The largest absolute Gasteiger partial charge is 0.506 e. The number of aryl methyl sites for hydroxylation is 1. The Hall–Kier alpha value is -2.34. The first-order valence-electron chi connectivity index (χ1n) is 7.61. The van der Waals surface area contributed by atoms with Crippen LogP contribution in [0.25, 0.3) is 0 Å². The Balaban J connectivity index is 1.73. The van der Waals surface area contributed by atoms with Crippen LogP contribution in [0.3, 0.4) is 0 Å². The summed E-state index contributed by atoms with van der Waals surface area (Å²) in [5, 5.41) is 12.6. The molecule has 0 aliphatic carbocycles. The lowest BCUT2D eigenvalue weighted by atomic mass is 10.1. The van der Waals surface area contributed by atoms with Crippen molar-refractivity contribution in [3.63, 3.8) is 0 Å². The molecule has 5 nitrogen and oxygen atoms in total. The van der Waals surface area contributed by atoms with Crippen LogP contribution in [0.5, 0.6) is 5.75 Å². The van der Waals surface area contributed by atoms with Gasteiger partial charge in [-0.15, -0.1) is 0 Å².